The molecule has 10 aromatic rings. The molecule has 0 fully saturated rings. The van der Waals surface area contributed by atoms with Crippen molar-refractivity contribution in [2.24, 2.45) is 14.1 Å². The number of imidazole rings is 2. The number of aryl methyl sites for hydroxylation is 6. The summed E-state index contributed by atoms with van der Waals surface area (Å²) < 4.78 is 45.0. The standard InChI is InChI=1S/2C24H21N2.C9H5F3N3.Ir/c2*1-18-14-15-22(19(2)16-18)26-17-25(3)23(20-10-6-4-7-11-20)24(26)21-12-8-5-9-13-21;10-9(11,12)8-5-7(14-15-8)6-3-1-2-4-13-6;/h2*4-14,16H,1-3H3;1-5H;/q3*-1;. The molecule has 4 aromatic heterocycles. The molecule has 4 heterocycles. The Morgan fingerprint density at radius 2 is 0.926 bits per heavy atom. The predicted octanol–water partition coefficient (Wildman–Crippen LogP) is 11.8. The van der Waals surface area contributed by atoms with Crippen molar-refractivity contribution in [3.05, 3.63) is 229 Å². The van der Waals surface area contributed by atoms with Gasteiger partial charge in [-0.25, -0.2) is 0 Å². The van der Waals surface area contributed by atoms with Crippen molar-refractivity contribution in [2.75, 3.05) is 0 Å². The molecule has 1 radical (unpaired) electrons. The van der Waals surface area contributed by atoms with Crippen LogP contribution in [0.15, 0.2) is 176 Å². The van der Waals surface area contributed by atoms with Gasteiger partial charge in [0, 0.05) is 32.0 Å². The molecule has 10 rings (SSSR count). The second kappa shape index (κ2) is 21.4. The largest absolute Gasteiger partial charge is 0.573 e. The fraction of sp³-hybridized carbons (Fsp3) is 0.123. The summed E-state index contributed by atoms with van der Waals surface area (Å²) in [5, 5.41) is 6.47. The first kappa shape index (κ1) is 48.5. The van der Waals surface area contributed by atoms with Crippen LogP contribution in [0.1, 0.15) is 27.9 Å². The third-order valence-corrected chi connectivity index (χ3v) is 11.0. The van der Waals surface area contributed by atoms with Crippen LogP contribution in [0.25, 0.3) is 67.8 Å². The Kier molecular flexibility index (Phi) is 15.3. The van der Waals surface area contributed by atoms with Gasteiger partial charge in [0.2, 0.25) is 12.7 Å². The Morgan fingerprint density at radius 3 is 1.28 bits per heavy atom. The maximum atomic E-state index is 12.2. The number of halogens is 3. The van der Waals surface area contributed by atoms with Crippen LogP contribution in [0.4, 0.5) is 13.2 Å². The first-order valence-electron chi connectivity index (χ1n) is 21.6. The molecule has 11 heteroatoms. The van der Waals surface area contributed by atoms with Crippen LogP contribution >= 0.6 is 0 Å². The van der Waals surface area contributed by atoms with Gasteiger partial charge in [-0.05, 0) is 40.5 Å². The van der Waals surface area contributed by atoms with Crippen molar-refractivity contribution < 1.29 is 42.4 Å². The molecule has 0 aliphatic rings. The van der Waals surface area contributed by atoms with Crippen LogP contribution in [-0.2, 0) is 40.4 Å². The van der Waals surface area contributed by atoms with Crippen molar-refractivity contribution in [3.8, 4) is 67.8 Å². The van der Waals surface area contributed by atoms with Gasteiger partial charge in [0.25, 0.3) is 0 Å². The molecule has 0 aliphatic carbocycles. The molecule has 343 valence electrons. The van der Waals surface area contributed by atoms with Gasteiger partial charge < -0.3 is 28.5 Å². The minimum atomic E-state index is -4.46. The molecule has 0 spiro atoms. The zero-order valence-corrected chi connectivity index (χ0v) is 40.7. The predicted molar refractivity (Wildman–Crippen MR) is 256 cm³/mol. The fourth-order valence-corrected chi connectivity index (χ4v) is 7.98. The summed E-state index contributed by atoms with van der Waals surface area (Å²) in [6.45, 7) is 8.45. The minimum Gasteiger partial charge on any atom is -0.573 e. The second-order valence-electron chi connectivity index (χ2n) is 16.1. The van der Waals surface area contributed by atoms with E-state index in [1.54, 1.807) is 18.2 Å². The van der Waals surface area contributed by atoms with E-state index < -0.39 is 11.9 Å². The SMILES string of the molecule is Cc1c[c-]c(-n2[c-][n+](C)c(-c3ccccc3)c2-c2ccccc2)c(C)c1.Cc1c[c-]c(-n2[c-][n+](C)c(-c3ccccc3)c2-c2ccccc2)c(C)c1.FC(F)(F)c1cc(-c2ccccn2)[n-]n1.[Ir]. The minimum absolute atomic E-state index is 0. The van der Waals surface area contributed by atoms with Gasteiger partial charge >= 0.3 is 6.18 Å². The normalized spacial score (nSPS) is 10.9. The number of pyridine rings is 1. The Morgan fingerprint density at radius 1 is 0.529 bits per heavy atom. The Hall–Kier alpha value is -7.46. The van der Waals surface area contributed by atoms with Crippen molar-refractivity contribution in [1.82, 2.24) is 24.3 Å². The molecule has 0 saturated heterocycles. The molecule has 0 atom stereocenters. The van der Waals surface area contributed by atoms with Crippen molar-refractivity contribution >= 4 is 0 Å². The van der Waals surface area contributed by atoms with Gasteiger partial charge in [0.05, 0.1) is 36.9 Å². The van der Waals surface area contributed by atoms with E-state index in [0.29, 0.717) is 5.69 Å². The molecule has 0 bridgehead atoms. The quantitative estimate of drug-likeness (QED) is 0.118. The zero-order chi connectivity index (χ0) is 47.1. The molecular formula is C57H47F3IrN7-3. The number of rotatable bonds is 7. The number of benzene rings is 6. The van der Waals surface area contributed by atoms with Crippen LogP contribution in [0.5, 0.6) is 0 Å². The third-order valence-electron chi connectivity index (χ3n) is 11.0. The van der Waals surface area contributed by atoms with E-state index in [1.165, 1.54) is 39.6 Å². The number of nitrogens with zero attached hydrogens (tertiary/aromatic N) is 7. The van der Waals surface area contributed by atoms with E-state index >= 15 is 0 Å². The average molecular weight is 1080 g/mol. The van der Waals surface area contributed by atoms with Gasteiger partial charge in [-0.3, -0.25) is 4.98 Å². The number of hydrogen-bond donors (Lipinski definition) is 0. The summed E-state index contributed by atoms with van der Waals surface area (Å²) in [4.78, 5) is 3.87. The van der Waals surface area contributed by atoms with Crippen molar-refractivity contribution in [3.63, 3.8) is 0 Å². The van der Waals surface area contributed by atoms with Gasteiger partial charge in [-0.2, -0.15) is 71.8 Å². The molecule has 0 N–H and O–H groups in total. The topological polar surface area (TPSA) is 57.5 Å². The molecule has 0 saturated carbocycles. The van der Waals surface area contributed by atoms with E-state index in [0.717, 1.165) is 51.3 Å². The van der Waals surface area contributed by atoms with Crippen LogP contribution in [-0.4, -0.2) is 19.2 Å². The fourth-order valence-electron chi connectivity index (χ4n) is 7.98. The Bertz CT molecular complexity index is 3040. The zero-order valence-electron chi connectivity index (χ0n) is 38.3. The van der Waals surface area contributed by atoms with Gasteiger partial charge in [0.15, 0.2) is 0 Å². The molecule has 6 aromatic carbocycles. The summed E-state index contributed by atoms with van der Waals surface area (Å²) in [6, 6.07) is 63.1. The van der Waals surface area contributed by atoms with Gasteiger partial charge in [-0.1, -0.05) is 172 Å². The first-order valence-corrected chi connectivity index (χ1v) is 21.6. The summed E-state index contributed by atoms with van der Waals surface area (Å²) >= 11 is 0. The number of alkyl halides is 3. The molecule has 0 unspecified atom stereocenters. The maximum Gasteiger partial charge on any atom is 0.431 e. The summed E-state index contributed by atoms with van der Waals surface area (Å²) in [7, 11) is 4.10. The summed E-state index contributed by atoms with van der Waals surface area (Å²) in [5.41, 5.74) is 15.6. The average Bonchev–Trinajstić information content (AvgIpc) is 4.07. The number of hydrogen-bond acceptors (Lipinski definition) is 2. The first-order chi connectivity index (χ1) is 32.4. The Balaban J connectivity index is 0.000000156. The van der Waals surface area contributed by atoms with Gasteiger partial charge in [0.1, 0.15) is 5.69 Å². The van der Waals surface area contributed by atoms with E-state index in [9.17, 15) is 13.2 Å². The molecule has 68 heavy (non-hydrogen) atoms. The monoisotopic (exact) mass is 1080 g/mol. The molecule has 0 aliphatic heterocycles. The van der Waals surface area contributed by atoms with Crippen molar-refractivity contribution in [1.29, 1.82) is 0 Å². The third kappa shape index (κ3) is 10.9. The van der Waals surface area contributed by atoms with Crippen LogP contribution in [0.3, 0.4) is 0 Å². The maximum absolute atomic E-state index is 12.2. The Labute approximate surface area is 409 Å². The van der Waals surface area contributed by atoms with Gasteiger partial charge in [-0.15, -0.1) is 0 Å². The van der Waals surface area contributed by atoms with E-state index in [-0.39, 0.29) is 25.8 Å². The molecule has 7 nitrogen and oxygen atoms in total. The van der Waals surface area contributed by atoms with Crippen LogP contribution < -0.4 is 14.2 Å². The van der Waals surface area contributed by atoms with E-state index in [2.05, 4.69) is 209 Å². The van der Waals surface area contributed by atoms with Crippen LogP contribution in [0, 0.1) is 52.5 Å². The second-order valence-corrected chi connectivity index (χ2v) is 16.1. The van der Waals surface area contributed by atoms with E-state index in [4.69, 9.17) is 0 Å². The van der Waals surface area contributed by atoms with Crippen molar-refractivity contribution in [2.45, 2.75) is 33.9 Å². The molecular weight excluding hydrogens is 1030 g/mol. The smallest absolute Gasteiger partial charge is 0.431 e. The van der Waals surface area contributed by atoms with E-state index in [1.807, 2.05) is 36.4 Å². The summed E-state index contributed by atoms with van der Waals surface area (Å²) in [5.74, 6) is 0. The summed E-state index contributed by atoms with van der Waals surface area (Å²) in [6.07, 6.45) is 4.00. The number of aromatic nitrogens is 7. The van der Waals surface area contributed by atoms with Crippen LogP contribution in [0.2, 0.25) is 0 Å². The molecule has 0 amide bonds.